The highest BCUT2D eigenvalue weighted by molar-refractivity contribution is 9.10. The molecule has 0 saturated heterocycles. The second kappa shape index (κ2) is 5.50. The van der Waals surface area contributed by atoms with Gasteiger partial charge in [-0.2, -0.15) is 5.26 Å². The molecule has 1 saturated carbocycles. The summed E-state index contributed by atoms with van der Waals surface area (Å²) in [6, 6.07) is 2.31. The lowest BCUT2D eigenvalue weighted by atomic mass is 10.0. The van der Waals surface area contributed by atoms with Crippen LogP contribution in [0, 0.1) is 23.2 Å². The van der Waals surface area contributed by atoms with Crippen molar-refractivity contribution in [2.75, 3.05) is 0 Å². The molecule has 0 bridgehead atoms. The highest BCUT2D eigenvalue weighted by Crippen LogP contribution is 2.25. The van der Waals surface area contributed by atoms with Crippen LogP contribution in [0.25, 0.3) is 0 Å². The molecule has 0 heterocycles. The minimum absolute atomic E-state index is 0.000752. The molecule has 0 aromatic carbocycles. The van der Waals surface area contributed by atoms with Crippen molar-refractivity contribution < 1.29 is 4.79 Å². The molecule has 0 radical (unpaired) electrons. The van der Waals surface area contributed by atoms with Crippen molar-refractivity contribution in [2.24, 2.45) is 11.8 Å². The van der Waals surface area contributed by atoms with Gasteiger partial charge in [-0.15, -0.1) is 0 Å². The standard InChI is InChI=1S/C11H17BrN2O/c1-7(2)10(12)11(15)14-9-5-3-4-8(9)6-13/h7-10H,3-5H2,1-2H3,(H,14,15). The minimum atomic E-state index is -0.155. The highest BCUT2D eigenvalue weighted by atomic mass is 79.9. The Kier molecular flexibility index (Phi) is 4.59. The van der Waals surface area contributed by atoms with Crippen molar-refractivity contribution in [3.63, 3.8) is 0 Å². The fourth-order valence-corrected chi connectivity index (χ4v) is 1.98. The average Bonchev–Trinajstić information content (AvgIpc) is 2.63. The second-order valence-corrected chi connectivity index (χ2v) is 5.41. The quantitative estimate of drug-likeness (QED) is 0.801. The number of alkyl halides is 1. The molecule has 0 aliphatic heterocycles. The van der Waals surface area contributed by atoms with Gasteiger partial charge in [0.15, 0.2) is 0 Å². The summed E-state index contributed by atoms with van der Waals surface area (Å²) >= 11 is 3.36. The first kappa shape index (κ1) is 12.5. The van der Waals surface area contributed by atoms with Gasteiger partial charge in [0.05, 0.1) is 16.8 Å². The van der Waals surface area contributed by atoms with E-state index < -0.39 is 0 Å². The van der Waals surface area contributed by atoms with Crippen LogP contribution < -0.4 is 5.32 Å². The van der Waals surface area contributed by atoms with E-state index in [1.54, 1.807) is 0 Å². The minimum Gasteiger partial charge on any atom is -0.351 e. The number of halogens is 1. The summed E-state index contributed by atoms with van der Waals surface area (Å²) in [4.78, 5) is 11.6. The Hall–Kier alpha value is -0.560. The Balaban J connectivity index is 2.48. The van der Waals surface area contributed by atoms with Gasteiger partial charge in [0.1, 0.15) is 0 Å². The lowest BCUT2D eigenvalue weighted by molar-refractivity contribution is -0.121. The molecule has 3 unspecified atom stereocenters. The molecular weight excluding hydrogens is 256 g/mol. The Morgan fingerprint density at radius 3 is 2.73 bits per heavy atom. The first-order valence-electron chi connectivity index (χ1n) is 5.40. The number of hydrogen-bond donors (Lipinski definition) is 1. The van der Waals surface area contributed by atoms with Crippen LogP contribution in [-0.2, 0) is 4.79 Å². The molecule has 1 fully saturated rings. The number of rotatable bonds is 3. The largest absolute Gasteiger partial charge is 0.351 e. The Labute approximate surface area is 99.4 Å². The Bertz CT molecular complexity index is 272. The van der Waals surface area contributed by atoms with Gasteiger partial charge in [0.25, 0.3) is 0 Å². The van der Waals surface area contributed by atoms with E-state index in [-0.39, 0.29) is 28.6 Å². The molecule has 1 aliphatic carbocycles. The summed E-state index contributed by atoms with van der Waals surface area (Å²) < 4.78 is 0. The number of nitriles is 1. The zero-order valence-electron chi connectivity index (χ0n) is 9.16. The van der Waals surface area contributed by atoms with Crippen molar-refractivity contribution >= 4 is 21.8 Å². The van der Waals surface area contributed by atoms with Crippen LogP contribution in [0.5, 0.6) is 0 Å². The second-order valence-electron chi connectivity index (χ2n) is 4.43. The van der Waals surface area contributed by atoms with E-state index in [1.807, 2.05) is 13.8 Å². The van der Waals surface area contributed by atoms with Gasteiger partial charge in [0, 0.05) is 6.04 Å². The molecule has 3 atom stereocenters. The van der Waals surface area contributed by atoms with Gasteiger partial charge in [0.2, 0.25) is 5.91 Å². The smallest absolute Gasteiger partial charge is 0.234 e. The van der Waals surface area contributed by atoms with Crippen molar-refractivity contribution in [1.29, 1.82) is 5.26 Å². The van der Waals surface area contributed by atoms with E-state index in [1.165, 1.54) is 0 Å². The van der Waals surface area contributed by atoms with Crippen LogP contribution in [0.1, 0.15) is 33.1 Å². The molecule has 0 spiro atoms. The molecule has 84 valence electrons. The summed E-state index contributed by atoms with van der Waals surface area (Å²) in [7, 11) is 0. The fraction of sp³-hybridized carbons (Fsp3) is 0.818. The van der Waals surface area contributed by atoms with Crippen molar-refractivity contribution in [3.8, 4) is 6.07 Å². The normalized spacial score (nSPS) is 27.4. The maximum absolute atomic E-state index is 11.7. The Morgan fingerprint density at radius 1 is 1.53 bits per heavy atom. The van der Waals surface area contributed by atoms with Gasteiger partial charge in [-0.25, -0.2) is 0 Å². The Morgan fingerprint density at radius 2 is 2.20 bits per heavy atom. The fourth-order valence-electron chi connectivity index (χ4n) is 1.85. The van der Waals surface area contributed by atoms with E-state index in [9.17, 15) is 4.79 Å². The van der Waals surface area contributed by atoms with E-state index in [4.69, 9.17) is 5.26 Å². The van der Waals surface area contributed by atoms with Crippen molar-refractivity contribution in [1.82, 2.24) is 5.32 Å². The zero-order chi connectivity index (χ0) is 11.4. The first-order valence-corrected chi connectivity index (χ1v) is 6.32. The molecule has 3 nitrogen and oxygen atoms in total. The molecule has 1 aliphatic rings. The third-order valence-electron chi connectivity index (χ3n) is 2.85. The maximum atomic E-state index is 11.7. The van der Waals surface area contributed by atoms with Gasteiger partial charge in [-0.1, -0.05) is 29.8 Å². The van der Waals surface area contributed by atoms with Crippen LogP contribution in [0.15, 0.2) is 0 Å². The number of nitrogens with zero attached hydrogens (tertiary/aromatic N) is 1. The lowest BCUT2D eigenvalue weighted by Crippen LogP contribution is -2.42. The third kappa shape index (κ3) is 3.20. The summed E-state index contributed by atoms with van der Waals surface area (Å²) in [6.45, 7) is 3.99. The molecule has 15 heavy (non-hydrogen) atoms. The van der Waals surface area contributed by atoms with Crippen LogP contribution in [0.3, 0.4) is 0 Å². The molecule has 0 aromatic heterocycles. The summed E-state index contributed by atoms with van der Waals surface area (Å²) in [5, 5.41) is 11.8. The summed E-state index contributed by atoms with van der Waals surface area (Å²) in [5.74, 6) is 0.282. The average molecular weight is 273 g/mol. The monoisotopic (exact) mass is 272 g/mol. The van der Waals surface area contributed by atoms with E-state index in [0.717, 1.165) is 19.3 Å². The van der Waals surface area contributed by atoms with Crippen molar-refractivity contribution in [3.05, 3.63) is 0 Å². The van der Waals surface area contributed by atoms with Gasteiger partial charge in [-0.05, 0) is 25.2 Å². The SMILES string of the molecule is CC(C)C(Br)C(=O)NC1CCCC1C#N. The first-order chi connectivity index (χ1) is 7.06. The lowest BCUT2D eigenvalue weighted by Gasteiger charge is -2.19. The van der Waals surface area contributed by atoms with Crippen LogP contribution in [0.4, 0.5) is 0 Å². The van der Waals surface area contributed by atoms with Crippen molar-refractivity contribution in [2.45, 2.75) is 44.0 Å². The predicted molar refractivity (Wildman–Crippen MR) is 62.4 cm³/mol. The molecule has 0 aromatic rings. The van der Waals surface area contributed by atoms with Crippen LogP contribution in [-0.4, -0.2) is 16.8 Å². The van der Waals surface area contributed by atoms with Crippen LogP contribution in [0.2, 0.25) is 0 Å². The summed E-state index contributed by atoms with van der Waals surface area (Å²) in [6.07, 6.45) is 2.88. The van der Waals surface area contributed by atoms with E-state index in [2.05, 4.69) is 27.3 Å². The topological polar surface area (TPSA) is 52.9 Å². The molecule has 1 N–H and O–H groups in total. The summed E-state index contributed by atoms with van der Waals surface area (Å²) in [5.41, 5.74) is 0. The molecule has 1 rings (SSSR count). The van der Waals surface area contributed by atoms with Gasteiger partial charge >= 0.3 is 0 Å². The predicted octanol–water partition coefficient (Wildman–Crippen LogP) is 2.21. The number of carbonyl (C=O) groups excluding carboxylic acids is 1. The van der Waals surface area contributed by atoms with Crippen LogP contribution >= 0.6 is 15.9 Å². The molecule has 4 heteroatoms. The third-order valence-corrected chi connectivity index (χ3v) is 4.32. The number of nitrogens with one attached hydrogen (secondary N) is 1. The number of hydrogen-bond acceptors (Lipinski definition) is 2. The highest BCUT2D eigenvalue weighted by Gasteiger charge is 2.30. The maximum Gasteiger partial charge on any atom is 0.234 e. The van der Waals surface area contributed by atoms with E-state index in [0.29, 0.717) is 0 Å². The number of carbonyl (C=O) groups is 1. The van der Waals surface area contributed by atoms with Gasteiger partial charge < -0.3 is 5.32 Å². The van der Waals surface area contributed by atoms with E-state index >= 15 is 0 Å². The molecular formula is C11H17BrN2O. The van der Waals surface area contributed by atoms with Gasteiger partial charge in [-0.3, -0.25) is 4.79 Å². The molecule has 1 amide bonds. The number of amides is 1. The zero-order valence-corrected chi connectivity index (χ0v) is 10.8.